The normalized spacial score (nSPS) is 22.7. The number of piperazine rings is 1. The topological polar surface area (TPSA) is 69.8 Å². The molecule has 124 valence electrons. The summed E-state index contributed by atoms with van der Waals surface area (Å²) in [6, 6.07) is 0. The molecule has 1 amide bonds. The van der Waals surface area contributed by atoms with Crippen molar-refractivity contribution in [1.29, 1.82) is 0 Å². The third-order valence-electron chi connectivity index (χ3n) is 5.01. The van der Waals surface area contributed by atoms with Gasteiger partial charge < -0.3 is 15.7 Å². The SMILES string of the molecule is Cl.NCC1(CC(=O)N2CCN(CCO)CC2)CCCCC1. The second-order valence-corrected chi connectivity index (χ2v) is 6.39. The van der Waals surface area contributed by atoms with Gasteiger partial charge in [0.05, 0.1) is 6.61 Å². The van der Waals surface area contributed by atoms with Crippen LogP contribution in [0.15, 0.2) is 0 Å². The molecule has 1 saturated heterocycles. The molecule has 1 saturated carbocycles. The Balaban J connectivity index is 0.00000220. The van der Waals surface area contributed by atoms with Gasteiger partial charge in [-0.2, -0.15) is 0 Å². The van der Waals surface area contributed by atoms with E-state index in [1.54, 1.807) is 0 Å². The minimum absolute atomic E-state index is 0. The molecule has 1 heterocycles. The maximum atomic E-state index is 12.5. The van der Waals surface area contributed by atoms with Crippen LogP contribution in [-0.4, -0.2) is 66.7 Å². The highest BCUT2D eigenvalue weighted by atomic mass is 35.5. The molecule has 2 fully saturated rings. The molecule has 0 aromatic heterocycles. The van der Waals surface area contributed by atoms with E-state index in [2.05, 4.69) is 4.90 Å². The number of hydrogen-bond donors (Lipinski definition) is 2. The lowest BCUT2D eigenvalue weighted by atomic mass is 9.71. The fourth-order valence-corrected chi connectivity index (χ4v) is 3.55. The number of β-amino-alcohol motifs (C(OH)–C–C–N with tert-alkyl or cyclic N) is 1. The highest BCUT2D eigenvalue weighted by Crippen LogP contribution is 2.38. The Morgan fingerprint density at radius 2 is 1.71 bits per heavy atom. The molecule has 0 radical (unpaired) electrons. The van der Waals surface area contributed by atoms with Gasteiger partial charge in [-0.05, 0) is 24.8 Å². The first-order chi connectivity index (χ1) is 9.69. The average Bonchev–Trinajstić information content (AvgIpc) is 2.49. The molecule has 0 unspecified atom stereocenters. The lowest BCUT2D eigenvalue weighted by Gasteiger charge is -2.39. The van der Waals surface area contributed by atoms with E-state index in [0.29, 0.717) is 13.0 Å². The minimum atomic E-state index is 0. The van der Waals surface area contributed by atoms with Crippen molar-refractivity contribution in [2.75, 3.05) is 45.9 Å². The van der Waals surface area contributed by atoms with Gasteiger partial charge in [0.1, 0.15) is 0 Å². The summed E-state index contributed by atoms with van der Waals surface area (Å²) in [5.74, 6) is 0.279. The summed E-state index contributed by atoms with van der Waals surface area (Å²) in [6.07, 6.45) is 6.57. The number of nitrogens with two attached hydrogens (primary N) is 1. The summed E-state index contributed by atoms with van der Waals surface area (Å²) in [5.41, 5.74) is 6.04. The van der Waals surface area contributed by atoms with Gasteiger partial charge >= 0.3 is 0 Å². The summed E-state index contributed by atoms with van der Waals surface area (Å²) >= 11 is 0. The summed E-state index contributed by atoms with van der Waals surface area (Å²) in [6.45, 7) is 4.89. The Hall–Kier alpha value is -0.360. The van der Waals surface area contributed by atoms with Crippen LogP contribution in [0.5, 0.6) is 0 Å². The zero-order valence-corrected chi connectivity index (χ0v) is 13.7. The molecule has 0 spiro atoms. The lowest BCUT2D eigenvalue weighted by Crippen LogP contribution is -2.50. The molecule has 5 nitrogen and oxygen atoms in total. The zero-order valence-electron chi connectivity index (χ0n) is 12.9. The van der Waals surface area contributed by atoms with Gasteiger partial charge in [-0.1, -0.05) is 19.3 Å². The van der Waals surface area contributed by atoms with Crippen molar-refractivity contribution in [3.05, 3.63) is 0 Å². The van der Waals surface area contributed by atoms with E-state index in [1.165, 1.54) is 19.3 Å². The largest absolute Gasteiger partial charge is 0.395 e. The monoisotopic (exact) mass is 319 g/mol. The molecule has 0 aromatic carbocycles. The predicted molar refractivity (Wildman–Crippen MR) is 86.5 cm³/mol. The highest BCUT2D eigenvalue weighted by Gasteiger charge is 2.34. The first kappa shape index (κ1) is 18.7. The van der Waals surface area contributed by atoms with Gasteiger partial charge in [0.15, 0.2) is 0 Å². The maximum absolute atomic E-state index is 12.5. The van der Waals surface area contributed by atoms with Gasteiger partial charge in [-0.25, -0.2) is 0 Å². The van der Waals surface area contributed by atoms with E-state index >= 15 is 0 Å². The number of halogens is 1. The third kappa shape index (κ3) is 5.09. The van der Waals surface area contributed by atoms with E-state index in [4.69, 9.17) is 10.8 Å². The van der Waals surface area contributed by atoms with Crippen LogP contribution < -0.4 is 5.73 Å². The Morgan fingerprint density at radius 3 is 2.24 bits per heavy atom. The van der Waals surface area contributed by atoms with Crippen LogP contribution in [0.3, 0.4) is 0 Å². The number of aliphatic hydroxyl groups excluding tert-OH is 1. The first-order valence-corrected chi connectivity index (χ1v) is 8.00. The molecule has 2 aliphatic rings. The quantitative estimate of drug-likeness (QED) is 0.788. The van der Waals surface area contributed by atoms with Crippen LogP contribution in [0, 0.1) is 5.41 Å². The van der Waals surface area contributed by atoms with Crippen molar-refractivity contribution in [3.8, 4) is 0 Å². The van der Waals surface area contributed by atoms with Gasteiger partial charge in [-0.15, -0.1) is 12.4 Å². The van der Waals surface area contributed by atoms with Gasteiger partial charge in [0.25, 0.3) is 0 Å². The van der Waals surface area contributed by atoms with E-state index in [9.17, 15) is 4.79 Å². The summed E-state index contributed by atoms with van der Waals surface area (Å²) in [5, 5.41) is 8.94. The smallest absolute Gasteiger partial charge is 0.223 e. The Kier molecular flexibility index (Phi) is 7.95. The van der Waals surface area contributed by atoms with Crippen LogP contribution >= 0.6 is 12.4 Å². The van der Waals surface area contributed by atoms with Crippen LogP contribution in [-0.2, 0) is 4.79 Å². The average molecular weight is 320 g/mol. The van der Waals surface area contributed by atoms with E-state index in [0.717, 1.165) is 45.6 Å². The van der Waals surface area contributed by atoms with E-state index in [-0.39, 0.29) is 30.3 Å². The standard InChI is InChI=1S/C15H29N3O2.ClH/c16-13-15(4-2-1-3-5-15)12-14(20)18-8-6-17(7-9-18)10-11-19;/h19H,1-13,16H2;1H. The van der Waals surface area contributed by atoms with Crippen LogP contribution in [0.25, 0.3) is 0 Å². The predicted octanol–water partition coefficient (Wildman–Crippen LogP) is 0.844. The maximum Gasteiger partial charge on any atom is 0.223 e. The molecular weight excluding hydrogens is 290 g/mol. The molecule has 6 heteroatoms. The number of carbonyl (C=O) groups is 1. The Labute approximate surface area is 134 Å². The number of hydrogen-bond acceptors (Lipinski definition) is 4. The Bertz CT molecular complexity index is 314. The summed E-state index contributed by atoms with van der Waals surface area (Å²) in [4.78, 5) is 16.7. The van der Waals surface area contributed by atoms with Crippen molar-refractivity contribution in [3.63, 3.8) is 0 Å². The first-order valence-electron chi connectivity index (χ1n) is 8.00. The fourth-order valence-electron chi connectivity index (χ4n) is 3.55. The second-order valence-electron chi connectivity index (χ2n) is 6.39. The van der Waals surface area contributed by atoms with Crippen molar-refractivity contribution in [2.24, 2.45) is 11.1 Å². The van der Waals surface area contributed by atoms with Crippen molar-refractivity contribution < 1.29 is 9.90 Å². The lowest BCUT2D eigenvalue weighted by molar-refractivity contribution is -0.136. The van der Waals surface area contributed by atoms with Crippen molar-refractivity contribution in [1.82, 2.24) is 9.80 Å². The van der Waals surface area contributed by atoms with Gasteiger partial charge in [0, 0.05) is 39.1 Å². The van der Waals surface area contributed by atoms with Crippen molar-refractivity contribution in [2.45, 2.75) is 38.5 Å². The van der Waals surface area contributed by atoms with Crippen molar-refractivity contribution >= 4 is 18.3 Å². The van der Waals surface area contributed by atoms with E-state index < -0.39 is 0 Å². The van der Waals surface area contributed by atoms with Gasteiger partial charge in [0.2, 0.25) is 5.91 Å². The molecular formula is C15H30ClN3O2. The molecule has 21 heavy (non-hydrogen) atoms. The molecule has 0 aromatic rings. The summed E-state index contributed by atoms with van der Waals surface area (Å²) < 4.78 is 0. The molecule has 0 bridgehead atoms. The third-order valence-corrected chi connectivity index (χ3v) is 5.01. The molecule has 0 atom stereocenters. The molecule has 3 N–H and O–H groups in total. The van der Waals surface area contributed by atoms with E-state index in [1.807, 2.05) is 4.90 Å². The molecule has 1 aliphatic carbocycles. The van der Waals surface area contributed by atoms with Crippen LogP contribution in [0.4, 0.5) is 0 Å². The van der Waals surface area contributed by atoms with Crippen LogP contribution in [0.1, 0.15) is 38.5 Å². The Morgan fingerprint density at radius 1 is 1.10 bits per heavy atom. The zero-order chi connectivity index (χ0) is 14.4. The van der Waals surface area contributed by atoms with Gasteiger partial charge in [-0.3, -0.25) is 9.69 Å². The highest BCUT2D eigenvalue weighted by molar-refractivity contribution is 5.85. The number of carbonyl (C=O) groups excluding carboxylic acids is 1. The second kappa shape index (κ2) is 8.93. The number of amides is 1. The fraction of sp³-hybridized carbons (Fsp3) is 0.933. The molecule has 2 rings (SSSR count). The summed E-state index contributed by atoms with van der Waals surface area (Å²) in [7, 11) is 0. The number of aliphatic hydroxyl groups is 1. The number of nitrogens with zero attached hydrogens (tertiary/aromatic N) is 2. The minimum Gasteiger partial charge on any atom is -0.395 e. The number of rotatable bonds is 5. The molecule has 1 aliphatic heterocycles. The van der Waals surface area contributed by atoms with Crippen LogP contribution in [0.2, 0.25) is 0 Å².